The first-order valence-electron chi connectivity index (χ1n) is 7.04. The molecule has 0 radical (unpaired) electrons. The molecule has 0 fully saturated rings. The topological polar surface area (TPSA) is 86.5 Å². The van der Waals surface area contributed by atoms with Crippen molar-refractivity contribution in [2.45, 2.75) is 0 Å². The summed E-state index contributed by atoms with van der Waals surface area (Å²) in [6, 6.07) is 14.2. The number of benzene rings is 2. The Morgan fingerprint density at radius 1 is 1.04 bits per heavy atom. The van der Waals surface area contributed by atoms with Crippen LogP contribution in [0.3, 0.4) is 0 Å². The number of hydrogen-bond donors (Lipinski definition) is 0. The van der Waals surface area contributed by atoms with Crippen LogP contribution in [-0.4, -0.2) is 16.5 Å². The summed E-state index contributed by atoms with van der Waals surface area (Å²) in [6.45, 7) is 0. The third-order valence-electron chi connectivity index (χ3n) is 3.41. The number of ketones is 2. The number of allylic oxidation sites excluding steroid dienone is 2. The molecule has 0 amide bonds. The first kappa shape index (κ1) is 15.4. The van der Waals surface area contributed by atoms with Crippen molar-refractivity contribution < 1.29 is 19.2 Å². The van der Waals surface area contributed by atoms with Crippen molar-refractivity contribution in [1.82, 2.24) is 0 Å². The van der Waals surface area contributed by atoms with Crippen molar-refractivity contribution >= 4 is 23.0 Å². The maximum absolute atomic E-state index is 12.2. The van der Waals surface area contributed by atoms with Gasteiger partial charge in [-0.3, -0.25) is 19.7 Å². The fourth-order valence-corrected chi connectivity index (χ4v) is 2.18. The van der Waals surface area contributed by atoms with Crippen LogP contribution in [0.1, 0.15) is 15.9 Å². The molecule has 1 aliphatic heterocycles. The molecular weight excluding hydrogens is 310 g/mol. The minimum Gasteiger partial charge on any atom is -0.452 e. The standard InChI is InChI=1S/C18H11NO5/c20-15(12-6-8-14(9-7-12)19(22)23)10-18-16(21)11-17(24-18)13-4-2-1-3-5-13/h1-11H/b18-10-. The van der Waals surface area contributed by atoms with Gasteiger partial charge in [0.05, 0.1) is 4.92 Å². The van der Waals surface area contributed by atoms with E-state index < -0.39 is 16.5 Å². The van der Waals surface area contributed by atoms with Crippen molar-refractivity contribution in [3.8, 4) is 0 Å². The van der Waals surface area contributed by atoms with Crippen LogP contribution in [0.15, 0.2) is 72.5 Å². The van der Waals surface area contributed by atoms with Gasteiger partial charge in [0.15, 0.2) is 11.5 Å². The second kappa shape index (κ2) is 6.29. The highest BCUT2D eigenvalue weighted by molar-refractivity contribution is 6.15. The minimum atomic E-state index is -0.549. The van der Waals surface area contributed by atoms with Crippen molar-refractivity contribution in [2.24, 2.45) is 0 Å². The highest BCUT2D eigenvalue weighted by atomic mass is 16.6. The van der Waals surface area contributed by atoms with Crippen LogP contribution in [0.2, 0.25) is 0 Å². The van der Waals surface area contributed by atoms with E-state index in [2.05, 4.69) is 0 Å². The van der Waals surface area contributed by atoms with Crippen molar-refractivity contribution in [3.05, 3.63) is 93.7 Å². The summed E-state index contributed by atoms with van der Waals surface area (Å²) in [4.78, 5) is 34.2. The van der Waals surface area contributed by atoms with Crippen LogP contribution in [0.4, 0.5) is 5.69 Å². The highest BCUT2D eigenvalue weighted by Gasteiger charge is 2.23. The molecule has 0 unspecified atom stereocenters. The molecule has 2 aromatic rings. The first-order chi connectivity index (χ1) is 11.5. The summed E-state index contributed by atoms with van der Waals surface area (Å²) >= 11 is 0. The number of carbonyl (C=O) groups excluding carboxylic acids is 2. The van der Waals surface area contributed by atoms with E-state index in [-0.39, 0.29) is 17.0 Å². The molecule has 3 rings (SSSR count). The summed E-state index contributed by atoms with van der Waals surface area (Å²) in [5, 5.41) is 10.6. The Morgan fingerprint density at radius 2 is 1.71 bits per heavy atom. The lowest BCUT2D eigenvalue weighted by molar-refractivity contribution is -0.384. The number of nitro benzene ring substituents is 1. The molecule has 0 spiro atoms. The molecule has 1 aliphatic rings. The second-order valence-corrected chi connectivity index (χ2v) is 5.02. The summed E-state index contributed by atoms with van der Waals surface area (Å²) in [5.74, 6) is -0.555. The molecule has 0 atom stereocenters. The fraction of sp³-hybridized carbons (Fsp3) is 0. The maximum atomic E-state index is 12.2. The van der Waals surface area contributed by atoms with Crippen LogP contribution in [0.25, 0.3) is 5.76 Å². The zero-order chi connectivity index (χ0) is 17.1. The van der Waals surface area contributed by atoms with Crippen LogP contribution < -0.4 is 0 Å². The highest BCUT2D eigenvalue weighted by Crippen LogP contribution is 2.26. The largest absolute Gasteiger partial charge is 0.452 e. The van der Waals surface area contributed by atoms with Crippen LogP contribution >= 0.6 is 0 Å². The molecule has 6 nitrogen and oxygen atoms in total. The zero-order valence-electron chi connectivity index (χ0n) is 12.3. The Kier molecular flexibility index (Phi) is 4.03. The van der Waals surface area contributed by atoms with Gasteiger partial charge in [0, 0.05) is 35.4 Å². The van der Waals surface area contributed by atoms with Gasteiger partial charge in [-0.05, 0) is 12.1 Å². The van der Waals surface area contributed by atoms with E-state index in [1.807, 2.05) is 18.2 Å². The minimum absolute atomic E-state index is 0.0720. The molecule has 0 bridgehead atoms. The van der Waals surface area contributed by atoms with E-state index in [1.165, 1.54) is 30.3 Å². The molecule has 2 aromatic carbocycles. The normalized spacial score (nSPS) is 15.1. The Labute approximate surface area is 136 Å². The van der Waals surface area contributed by atoms with Crippen LogP contribution in [0.5, 0.6) is 0 Å². The Hall–Kier alpha value is -3.54. The van der Waals surface area contributed by atoms with E-state index >= 15 is 0 Å². The monoisotopic (exact) mass is 321 g/mol. The van der Waals surface area contributed by atoms with Crippen molar-refractivity contribution in [2.75, 3.05) is 0 Å². The quantitative estimate of drug-likeness (QED) is 0.373. The zero-order valence-corrected chi connectivity index (χ0v) is 12.3. The summed E-state index contributed by atoms with van der Waals surface area (Å²) in [7, 11) is 0. The number of non-ortho nitro benzene ring substituents is 1. The van der Waals surface area contributed by atoms with Gasteiger partial charge in [-0.1, -0.05) is 30.3 Å². The third-order valence-corrected chi connectivity index (χ3v) is 3.41. The molecule has 0 aliphatic carbocycles. The van der Waals surface area contributed by atoms with E-state index in [4.69, 9.17) is 4.74 Å². The van der Waals surface area contributed by atoms with Crippen molar-refractivity contribution in [1.29, 1.82) is 0 Å². The molecule has 0 saturated carbocycles. The molecule has 0 saturated heterocycles. The van der Waals surface area contributed by atoms with Gasteiger partial charge in [0.2, 0.25) is 5.78 Å². The van der Waals surface area contributed by atoms with Crippen molar-refractivity contribution in [3.63, 3.8) is 0 Å². The Bertz CT molecular complexity index is 879. The van der Waals surface area contributed by atoms with Gasteiger partial charge in [0.25, 0.3) is 5.69 Å². The number of rotatable bonds is 4. The van der Waals surface area contributed by atoms with Gasteiger partial charge in [0.1, 0.15) is 5.76 Å². The van der Waals surface area contributed by atoms with Gasteiger partial charge in [-0.15, -0.1) is 0 Å². The molecule has 0 aromatic heterocycles. The average molecular weight is 321 g/mol. The van der Waals surface area contributed by atoms with Gasteiger partial charge >= 0.3 is 0 Å². The lowest BCUT2D eigenvalue weighted by atomic mass is 10.1. The summed E-state index contributed by atoms with van der Waals surface area (Å²) in [6.07, 6.45) is 2.42. The lowest BCUT2D eigenvalue weighted by Crippen LogP contribution is -2.01. The van der Waals surface area contributed by atoms with E-state index in [0.29, 0.717) is 5.76 Å². The summed E-state index contributed by atoms with van der Waals surface area (Å²) < 4.78 is 5.46. The number of carbonyl (C=O) groups is 2. The third kappa shape index (κ3) is 3.12. The fourth-order valence-electron chi connectivity index (χ4n) is 2.18. The van der Waals surface area contributed by atoms with E-state index in [1.54, 1.807) is 12.1 Å². The maximum Gasteiger partial charge on any atom is 0.269 e. The van der Waals surface area contributed by atoms with E-state index in [0.717, 1.165) is 11.6 Å². The molecule has 6 heteroatoms. The van der Waals surface area contributed by atoms with E-state index in [9.17, 15) is 19.7 Å². The lowest BCUT2D eigenvalue weighted by Gasteiger charge is -2.03. The Balaban J connectivity index is 1.78. The smallest absolute Gasteiger partial charge is 0.269 e. The molecular formula is C18H11NO5. The molecule has 118 valence electrons. The predicted molar refractivity (Wildman–Crippen MR) is 86.0 cm³/mol. The molecule has 0 N–H and O–H groups in total. The number of nitrogens with zero attached hydrogens (tertiary/aromatic N) is 1. The number of hydrogen-bond acceptors (Lipinski definition) is 5. The predicted octanol–water partition coefficient (Wildman–Crippen LogP) is 3.30. The second-order valence-electron chi connectivity index (χ2n) is 5.02. The molecule has 24 heavy (non-hydrogen) atoms. The van der Waals surface area contributed by atoms with Crippen LogP contribution in [-0.2, 0) is 9.53 Å². The van der Waals surface area contributed by atoms with Crippen LogP contribution in [0, 0.1) is 10.1 Å². The molecule has 1 heterocycles. The van der Waals surface area contributed by atoms with Gasteiger partial charge in [-0.2, -0.15) is 0 Å². The first-order valence-corrected chi connectivity index (χ1v) is 7.04. The van der Waals surface area contributed by atoms with Gasteiger partial charge < -0.3 is 4.74 Å². The SMILES string of the molecule is O=C1C=C(c2ccccc2)O/C1=C\C(=O)c1ccc([N+](=O)[O-])cc1. The Morgan fingerprint density at radius 3 is 2.33 bits per heavy atom. The number of nitro groups is 1. The van der Waals surface area contributed by atoms with Gasteiger partial charge in [-0.25, -0.2) is 0 Å². The number of ether oxygens (including phenoxy) is 1. The summed E-state index contributed by atoms with van der Waals surface area (Å²) in [5.41, 5.74) is 0.857. The average Bonchev–Trinajstić information content (AvgIpc) is 2.96.